The molecule has 2 aliphatic carbocycles. The number of para-hydroxylation sites is 2. The molecule has 0 heterocycles. The van der Waals surface area contributed by atoms with E-state index in [9.17, 15) is 13.2 Å². The molecule has 0 amide bonds. The lowest BCUT2D eigenvalue weighted by molar-refractivity contribution is -0.128. The largest absolute Gasteiger partial charge is 0.495 e. The van der Waals surface area contributed by atoms with Crippen LogP contribution in [-0.2, 0) is 14.8 Å². The molecule has 1 aromatic rings. The van der Waals surface area contributed by atoms with Crippen molar-refractivity contribution in [2.24, 2.45) is 16.7 Å². The van der Waals surface area contributed by atoms with Gasteiger partial charge in [0.25, 0.3) is 0 Å². The smallest absolute Gasteiger partial charge is 0.233 e. The second-order valence-corrected chi connectivity index (χ2v) is 8.95. The Hall–Kier alpha value is -1.56. The number of nitrogens with one attached hydrogen (secondary N) is 1. The number of rotatable bonds is 5. The Labute approximate surface area is 137 Å². The van der Waals surface area contributed by atoms with Crippen LogP contribution in [0.15, 0.2) is 24.3 Å². The van der Waals surface area contributed by atoms with E-state index < -0.39 is 15.4 Å². The lowest BCUT2D eigenvalue weighted by Crippen LogP contribution is -2.43. The van der Waals surface area contributed by atoms with E-state index in [1.54, 1.807) is 24.3 Å². The molecule has 6 heteroatoms. The van der Waals surface area contributed by atoms with Crippen molar-refractivity contribution in [3.05, 3.63) is 24.3 Å². The minimum Gasteiger partial charge on any atom is -0.495 e. The molecule has 0 spiro atoms. The van der Waals surface area contributed by atoms with Crippen LogP contribution >= 0.6 is 0 Å². The highest BCUT2D eigenvalue weighted by atomic mass is 32.2. The second-order valence-electron chi connectivity index (χ2n) is 7.23. The third-order valence-electron chi connectivity index (χ3n) is 5.95. The van der Waals surface area contributed by atoms with E-state index in [1.807, 2.05) is 13.8 Å². The lowest BCUT2D eigenvalue weighted by Gasteiger charge is -2.36. The number of hydrogen-bond acceptors (Lipinski definition) is 4. The van der Waals surface area contributed by atoms with Crippen molar-refractivity contribution in [3.63, 3.8) is 0 Å². The zero-order valence-electron chi connectivity index (χ0n) is 13.8. The maximum atomic E-state index is 12.7. The van der Waals surface area contributed by atoms with Crippen LogP contribution in [0.1, 0.15) is 33.1 Å². The van der Waals surface area contributed by atoms with Gasteiger partial charge in [-0.05, 0) is 36.3 Å². The van der Waals surface area contributed by atoms with Gasteiger partial charge in [0.2, 0.25) is 10.0 Å². The number of Topliss-reactive ketones (excluding diaryl/α,β-unsaturated/α-hetero) is 1. The van der Waals surface area contributed by atoms with Crippen molar-refractivity contribution < 1.29 is 17.9 Å². The molecule has 2 bridgehead atoms. The van der Waals surface area contributed by atoms with Gasteiger partial charge in [-0.15, -0.1) is 0 Å². The van der Waals surface area contributed by atoms with Crippen molar-refractivity contribution in [1.29, 1.82) is 0 Å². The maximum absolute atomic E-state index is 12.7. The minimum absolute atomic E-state index is 0.101. The molecular weight excluding hydrogens is 314 g/mol. The quantitative estimate of drug-likeness (QED) is 0.897. The topological polar surface area (TPSA) is 72.5 Å². The number of ketones is 1. The van der Waals surface area contributed by atoms with Gasteiger partial charge in [0, 0.05) is 6.42 Å². The van der Waals surface area contributed by atoms with E-state index >= 15 is 0 Å². The Morgan fingerprint density at radius 3 is 2.57 bits per heavy atom. The molecule has 23 heavy (non-hydrogen) atoms. The molecule has 1 aromatic carbocycles. The first kappa shape index (κ1) is 16.3. The lowest BCUT2D eigenvalue weighted by atomic mass is 9.70. The molecule has 0 aromatic heterocycles. The van der Waals surface area contributed by atoms with Crippen LogP contribution in [0.2, 0.25) is 0 Å². The van der Waals surface area contributed by atoms with Crippen molar-refractivity contribution in [1.82, 2.24) is 0 Å². The Kier molecular flexibility index (Phi) is 3.71. The number of fused-ring (bicyclic) bond motifs is 2. The van der Waals surface area contributed by atoms with Crippen LogP contribution < -0.4 is 9.46 Å². The van der Waals surface area contributed by atoms with Gasteiger partial charge < -0.3 is 4.74 Å². The van der Waals surface area contributed by atoms with E-state index in [2.05, 4.69) is 4.72 Å². The van der Waals surface area contributed by atoms with Gasteiger partial charge in [-0.2, -0.15) is 0 Å². The van der Waals surface area contributed by atoms with Crippen LogP contribution in [-0.4, -0.2) is 27.1 Å². The number of carbonyl (C=O) groups excluding carboxylic acids is 1. The van der Waals surface area contributed by atoms with Gasteiger partial charge in [0.1, 0.15) is 11.5 Å². The fourth-order valence-electron chi connectivity index (χ4n) is 4.37. The summed E-state index contributed by atoms with van der Waals surface area (Å²) in [4.78, 5) is 12.5. The summed E-state index contributed by atoms with van der Waals surface area (Å²) in [5, 5.41) is 0. The third-order valence-corrected chi connectivity index (χ3v) is 7.35. The van der Waals surface area contributed by atoms with Crippen LogP contribution in [0, 0.1) is 16.7 Å². The molecule has 126 valence electrons. The molecule has 0 aliphatic heterocycles. The van der Waals surface area contributed by atoms with E-state index in [4.69, 9.17) is 4.74 Å². The number of anilines is 1. The zero-order valence-corrected chi connectivity index (χ0v) is 14.6. The van der Waals surface area contributed by atoms with Gasteiger partial charge in [-0.3, -0.25) is 9.52 Å². The predicted octanol–water partition coefficient (Wildman–Crippen LogP) is 2.83. The number of hydrogen-bond donors (Lipinski definition) is 1. The van der Waals surface area contributed by atoms with Crippen LogP contribution in [0.3, 0.4) is 0 Å². The second kappa shape index (κ2) is 5.23. The zero-order chi connectivity index (χ0) is 16.9. The molecule has 2 atom stereocenters. The Morgan fingerprint density at radius 2 is 2.00 bits per heavy atom. The van der Waals surface area contributed by atoms with Crippen molar-refractivity contribution in [3.8, 4) is 5.75 Å². The summed E-state index contributed by atoms with van der Waals surface area (Å²) in [6.07, 6.45) is 2.11. The van der Waals surface area contributed by atoms with Crippen molar-refractivity contribution in [2.75, 3.05) is 17.6 Å². The van der Waals surface area contributed by atoms with Crippen molar-refractivity contribution >= 4 is 21.5 Å². The highest BCUT2D eigenvalue weighted by molar-refractivity contribution is 7.92. The summed E-state index contributed by atoms with van der Waals surface area (Å²) in [7, 11) is -2.15. The molecule has 3 rings (SSSR count). The van der Waals surface area contributed by atoms with Crippen LogP contribution in [0.25, 0.3) is 0 Å². The molecule has 2 fully saturated rings. The summed E-state index contributed by atoms with van der Waals surface area (Å²) >= 11 is 0. The number of carbonyl (C=O) groups is 1. The Morgan fingerprint density at radius 1 is 1.30 bits per heavy atom. The molecular formula is C17H23NO4S. The number of methoxy groups -OCH3 is 1. The molecule has 2 aliphatic rings. The average molecular weight is 337 g/mol. The van der Waals surface area contributed by atoms with Gasteiger partial charge in [0.15, 0.2) is 0 Å². The average Bonchev–Trinajstić information content (AvgIpc) is 2.81. The van der Waals surface area contributed by atoms with Crippen LogP contribution in [0.4, 0.5) is 5.69 Å². The van der Waals surface area contributed by atoms with Crippen LogP contribution in [0.5, 0.6) is 5.75 Å². The first-order chi connectivity index (χ1) is 10.7. The Bertz CT molecular complexity index is 741. The summed E-state index contributed by atoms with van der Waals surface area (Å²) in [5.41, 5.74) is -0.616. The van der Waals surface area contributed by atoms with Crippen molar-refractivity contribution in [2.45, 2.75) is 33.1 Å². The van der Waals surface area contributed by atoms with E-state index in [0.29, 0.717) is 30.2 Å². The maximum Gasteiger partial charge on any atom is 0.233 e. The molecule has 0 radical (unpaired) electrons. The first-order valence-corrected chi connectivity index (χ1v) is 9.54. The number of benzene rings is 1. The summed E-state index contributed by atoms with van der Waals surface area (Å²) < 4.78 is 33.2. The summed E-state index contributed by atoms with van der Waals surface area (Å²) in [5.74, 6) is 0.718. The first-order valence-electron chi connectivity index (χ1n) is 7.89. The van der Waals surface area contributed by atoms with Gasteiger partial charge in [0.05, 0.1) is 24.0 Å². The highest BCUT2D eigenvalue weighted by Crippen LogP contribution is 2.64. The fourth-order valence-corrected chi connectivity index (χ4v) is 6.27. The van der Waals surface area contributed by atoms with Gasteiger partial charge in [-0.1, -0.05) is 26.0 Å². The van der Waals surface area contributed by atoms with Gasteiger partial charge in [-0.25, -0.2) is 8.42 Å². The summed E-state index contributed by atoms with van der Waals surface area (Å²) in [6.45, 7) is 4.07. The van der Waals surface area contributed by atoms with E-state index in [1.165, 1.54) is 7.11 Å². The molecule has 1 N–H and O–H groups in total. The Balaban J connectivity index is 1.88. The summed E-state index contributed by atoms with van der Waals surface area (Å²) in [6, 6.07) is 6.88. The van der Waals surface area contributed by atoms with E-state index in [-0.39, 0.29) is 17.0 Å². The predicted molar refractivity (Wildman–Crippen MR) is 89.0 cm³/mol. The van der Waals surface area contributed by atoms with E-state index in [0.717, 1.165) is 6.42 Å². The molecule has 5 nitrogen and oxygen atoms in total. The normalized spacial score (nSPS) is 28.8. The SMILES string of the molecule is COc1ccccc1NS(=O)(=O)C[C@@]12CC[C@@H](CC1=O)C2(C)C. The molecule has 0 saturated heterocycles. The third kappa shape index (κ3) is 2.43. The standard InChI is InChI=1S/C17H23NO4S/c1-16(2)12-8-9-17(16,15(19)10-12)11-23(20,21)18-13-6-4-5-7-14(13)22-3/h4-7,12,18H,8-11H2,1-3H3/t12-,17-/m0/s1. The fraction of sp³-hybridized carbons (Fsp3) is 0.588. The number of ether oxygens (including phenoxy) is 1. The number of sulfonamides is 1. The molecule has 2 saturated carbocycles. The monoisotopic (exact) mass is 337 g/mol. The highest BCUT2D eigenvalue weighted by Gasteiger charge is 2.65. The minimum atomic E-state index is -3.65. The molecule has 0 unspecified atom stereocenters. The van der Waals surface area contributed by atoms with Gasteiger partial charge >= 0.3 is 0 Å².